The Labute approximate surface area is 181 Å². The van der Waals surface area contributed by atoms with Crippen LogP contribution in [0.25, 0.3) is 12.2 Å². The lowest BCUT2D eigenvalue weighted by atomic mass is 10.2. The average Bonchev–Trinajstić information content (AvgIpc) is 2.69. The Hall–Kier alpha value is -3.04. The minimum absolute atomic E-state index is 0.121. The Kier molecular flexibility index (Phi) is 6.28. The highest BCUT2D eigenvalue weighted by Gasteiger charge is 2.31. The zero-order valence-electron chi connectivity index (χ0n) is 15.9. The summed E-state index contributed by atoms with van der Waals surface area (Å²) < 4.78 is 68.8. The SMILES string of the molecule is Cc1cc(/C=C/c2ccc(Cl)cc2)n(OS(=O)(=O)c2ccc(C(F)(F)F)cc2)c(=O)c1. The van der Waals surface area contributed by atoms with Gasteiger partial charge in [-0.3, -0.25) is 9.08 Å². The molecule has 0 unspecified atom stereocenters. The Morgan fingerprint density at radius 1 is 0.968 bits per heavy atom. The van der Waals surface area contributed by atoms with Gasteiger partial charge in [-0.2, -0.15) is 21.6 Å². The van der Waals surface area contributed by atoms with Gasteiger partial charge in [0.2, 0.25) is 0 Å². The van der Waals surface area contributed by atoms with Crippen molar-refractivity contribution in [2.75, 3.05) is 0 Å². The summed E-state index contributed by atoms with van der Waals surface area (Å²) in [6.45, 7) is 1.65. The molecule has 1 aromatic heterocycles. The van der Waals surface area contributed by atoms with Crippen LogP contribution in [0.2, 0.25) is 5.02 Å². The van der Waals surface area contributed by atoms with Crippen molar-refractivity contribution in [2.45, 2.75) is 18.0 Å². The van der Waals surface area contributed by atoms with Gasteiger partial charge in [0, 0.05) is 11.1 Å². The summed E-state index contributed by atoms with van der Waals surface area (Å²) in [6, 6.07) is 12.2. The zero-order chi connectivity index (χ0) is 22.8. The van der Waals surface area contributed by atoms with E-state index in [0.29, 0.717) is 27.4 Å². The monoisotopic (exact) mass is 469 g/mol. The van der Waals surface area contributed by atoms with Crippen LogP contribution in [-0.4, -0.2) is 13.1 Å². The standard InChI is InChI=1S/C21H15ClF3NO4S/c1-14-12-18(9-4-15-2-7-17(22)8-3-15)26(20(27)13-14)30-31(28,29)19-10-5-16(6-11-19)21(23,24)25/h2-13H,1H3/b9-4+. The molecular formula is C21H15ClF3NO4S. The highest BCUT2D eigenvalue weighted by molar-refractivity contribution is 7.87. The van der Waals surface area contributed by atoms with Crippen LogP contribution in [-0.2, 0) is 16.3 Å². The number of pyridine rings is 1. The van der Waals surface area contributed by atoms with Gasteiger partial charge in [-0.15, -0.1) is 4.73 Å². The topological polar surface area (TPSA) is 65.4 Å². The number of aromatic nitrogens is 1. The number of aryl methyl sites for hydroxylation is 1. The Morgan fingerprint density at radius 3 is 2.16 bits per heavy atom. The summed E-state index contributed by atoms with van der Waals surface area (Å²) in [5.74, 6) is 0. The zero-order valence-corrected chi connectivity index (χ0v) is 17.5. The van der Waals surface area contributed by atoms with Gasteiger partial charge in [-0.1, -0.05) is 29.8 Å². The summed E-state index contributed by atoms with van der Waals surface area (Å²) in [5.41, 5.74) is -0.352. The van der Waals surface area contributed by atoms with E-state index in [9.17, 15) is 26.4 Å². The van der Waals surface area contributed by atoms with Crippen LogP contribution in [0, 0.1) is 6.92 Å². The fourth-order valence-corrected chi connectivity index (χ4v) is 3.65. The Morgan fingerprint density at radius 2 is 1.58 bits per heavy atom. The molecule has 0 bridgehead atoms. The molecule has 31 heavy (non-hydrogen) atoms. The van der Waals surface area contributed by atoms with Gasteiger partial charge < -0.3 is 0 Å². The molecule has 2 aromatic carbocycles. The molecule has 3 rings (SSSR count). The predicted molar refractivity (Wildman–Crippen MR) is 111 cm³/mol. The van der Waals surface area contributed by atoms with Gasteiger partial charge in [0.15, 0.2) is 0 Å². The van der Waals surface area contributed by atoms with E-state index >= 15 is 0 Å². The second-order valence-corrected chi connectivity index (χ2v) is 8.49. The number of alkyl halides is 3. The van der Waals surface area contributed by atoms with Gasteiger partial charge in [0.1, 0.15) is 4.90 Å². The van der Waals surface area contributed by atoms with E-state index in [4.69, 9.17) is 15.9 Å². The molecule has 0 aliphatic carbocycles. The quantitative estimate of drug-likeness (QED) is 0.537. The van der Waals surface area contributed by atoms with Gasteiger partial charge in [-0.25, -0.2) is 0 Å². The fraction of sp³-hybridized carbons (Fsp3) is 0.0952. The molecule has 0 N–H and O–H groups in total. The molecule has 162 valence electrons. The predicted octanol–water partition coefficient (Wildman–Crippen LogP) is 4.82. The molecule has 3 aromatic rings. The minimum atomic E-state index is -4.61. The van der Waals surface area contributed by atoms with Crippen LogP contribution in [0.15, 0.2) is 70.4 Å². The first-order valence-corrected chi connectivity index (χ1v) is 10.5. The molecule has 0 saturated heterocycles. The van der Waals surface area contributed by atoms with Gasteiger partial charge >= 0.3 is 16.3 Å². The first-order chi connectivity index (χ1) is 14.5. The fourth-order valence-electron chi connectivity index (χ4n) is 2.62. The molecule has 0 aliphatic rings. The van der Waals surface area contributed by atoms with E-state index in [1.807, 2.05) is 0 Å². The molecule has 0 atom stereocenters. The molecule has 0 saturated carbocycles. The highest BCUT2D eigenvalue weighted by Crippen LogP contribution is 2.29. The number of hydrogen-bond donors (Lipinski definition) is 0. The minimum Gasteiger partial charge on any atom is -0.280 e. The highest BCUT2D eigenvalue weighted by atomic mass is 35.5. The molecular weight excluding hydrogens is 455 g/mol. The molecule has 0 fully saturated rings. The lowest BCUT2D eigenvalue weighted by Crippen LogP contribution is -2.32. The number of benzene rings is 2. The molecule has 0 aliphatic heterocycles. The van der Waals surface area contributed by atoms with Crippen molar-refractivity contribution < 1.29 is 25.9 Å². The van der Waals surface area contributed by atoms with Crippen molar-refractivity contribution >= 4 is 33.9 Å². The molecule has 0 radical (unpaired) electrons. The average molecular weight is 470 g/mol. The van der Waals surface area contributed by atoms with Crippen LogP contribution in [0.4, 0.5) is 13.2 Å². The van der Waals surface area contributed by atoms with E-state index in [2.05, 4.69) is 0 Å². The third kappa shape index (κ3) is 5.56. The van der Waals surface area contributed by atoms with Crippen LogP contribution in [0.1, 0.15) is 22.4 Å². The largest absolute Gasteiger partial charge is 0.416 e. The van der Waals surface area contributed by atoms with E-state index in [0.717, 1.165) is 17.7 Å². The van der Waals surface area contributed by atoms with Crippen molar-refractivity contribution in [1.82, 2.24) is 4.73 Å². The summed E-state index contributed by atoms with van der Waals surface area (Å²) >= 11 is 5.84. The van der Waals surface area contributed by atoms with Crippen molar-refractivity contribution in [2.24, 2.45) is 0 Å². The van der Waals surface area contributed by atoms with Gasteiger partial charge in [0.05, 0.1) is 11.3 Å². The first kappa shape index (κ1) is 22.6. The number of nitrogens with zero attached hydrogens (tertiary/aromatic N) is 1. The van der Waals surface area contributed by atoms with E-state index in [-0.39, 0.29) is 5.69 Å². The van der Waals surface area contributed by atoms with E-state index < -0.39 is 32.3 Å². The smallest absolute Gasteiger partial charge is 0.280 e. The van der Waals surface area contributed by atoms with Crippen molar-refractivity contribution in [3.05, 3.63) is 98.4 Å². The summed E-state index contributed by atoms with van der Waals surface area (Å²) in [6.07, 6.45) is -1.52. The first-order valence-electron chi connectivity index (χ1n) is 8.75. The molecule has 0 spiro atoms. The van der Waals surface area contributed by atoms with E-state index in [1.165, 1.54) is 18.2 Å². The molecule has 0 amide bonds. The summed E-state index contributed by atoms with van der Waals surface area (Å²) in [4.78, 5) is 11.9. The lowest BCUT2D eigenvalue weighted by Gasteiger charge is -2.13. The number of rotatable bonds is 5. The Bertz CT molecular complexity index is 1280. The van der Waals surface area contributed by atoms with Gasteiger partial charge in [-0.05, 0) is 66.6 Å². The van der Waals surface area contributed by atoms with Gasteiger partial charge in [0.25, 0.3) is 5.56 Å². The van der Waals surface area contributed by atoms with Crippen molar-refractivity contribution in [3.63, 3.8) is 0 Å². The van der Waals surface area contributed by atoms with Crippen LogP contribution in [0.5, 0.6) is 0 Å². The third-order valence-electron chi connectivity index (χ3n) is 4.12. The van der Waals surface area contributed by atoms with Crippen molar-refractivity contribution in [3.8, 4) is 0 Å². The summed E-state index contributed by atoms with van der Waals surface area (Å²) in [7, 11) is -4.58. The van der Waals surface area contributed by atoms with Crippen LogP contribution in [0.3, 0.4) is 0 Å². The summed E-state index contributed by atoms with van der Waals surface area (Å²) in [5, 5.41) is 0.538. The molecule has 5 nitrogen and oxygen atoms in total. The maximum absolute atomic E-state index is 12.7. The third-order valence-corrected chi connectivity index (χ3v) is 5.57. The number of halogens is 4. The Balaban J connectivity index is 1.96. The second-order valence-electron chi connectivity index (χ2n) is 6.53. The van der Waals surface area contributed by atoms with Crippen LogP contribution >= 0.6 is 11.6 Å². The van der Waals surface area contributed by atoms with Crippen molar-refractivity contribution in [1.29, 1.82) is 0 Å². The number of hydrogen-bond acceptors (Lipinski definition) is 4. The lowest BCUT2D eigenvalue weighted by molar-refractivity contribution is -0.137. The maximum atomic E-state index is 12.7. The second kappa shape index (κ2) is 8.60. The normalized spacial score (nSPS) is 12.3. The molecule has 1 heterocycles. The van der Waals surface area contributed by atoms with Crippen LogP contribution < -0.4 is 9.84 Å². The molecule has 10 heteroatoms. The maximum Gasteiger partial charge on any atom is 0.416 e. The van der Waals surface area contributed by atoms with E-state index in [1.54, 1.807) is 37.3 Å².